The summed E-state index contributed by atoms with van der Waals surface area (Å²) in [6.07, 6.45) is 8.99. The van der Waals surface area contributed by atoms with Crippen LogP contribution in [-0.4, -0.2) is 35.8 Å². The fourth-order valence-electron chi connectivity index (χ4n) is 2.29. The summed E-state index contributed by atoms with van der Waals surface area (Å²) >= 11 is 1.91. The molecule has 1 rings (SSSR count). The maximum absolute atomic E-state index is 10.3. The zero-order chi connectivity index (χ0) is 11.9. The largest absolute Gasteiger partial charge is 0.389 e. The van der Waals surface area contributed by atoms with Crippen molar-refractivity contribution < 1.29 is 5.11 Å². The maximum Gasteiger partial charge on any atom is 0.0771 e. The monoisotopic (exact) mass is 245 g/mol. The van der Waals surface area contributed by atoms with Gasteiger partial charge in [-0.1, -0.05) is 6.92 Å². The minimum Gasteiger partial charge on any atom is -0.389 e. The van der Waals surface area contributed by atoms with E-state index in [4.69, 9.17) is 0 Å². The SMILES string of the molecule is CSCCCCNCC1(O)CCC(C)CC1. The van der Waals surface area contributed by atoms with Crippen LogP contribution < -0.4 is 5.32 Å². The van der Waals surface area contributed by atoms with Gasteiger partial charge in [-0.15, -0.1) is 0 Å². The highest BCUT2D eigenvalue weighted by Crippen LogP contribution is 2.31. The molecule has 0 atom stereocenters. The average Bonchev–Trinajstić information content (AvgIpc) is 2.28. The van der Waals surface area contributed by atoms with Gasteiger partial charge in [0, 0.05) is 6.54 Å². The molecule has 96 valence electrons. The van der Waals surface area contributed by atoms with Gasteiger partial charge in [-0.3, -0.25) is 0 Å². The summed E-state index contributed by atoms with van der Waals surface area (Å²) in [5.41, 5.74) is -0.411. The molecule has 0 heterocycles. The first-order chi connectivity index (χ1) is 7.66. The Morgan fingerprint density at radius 2 is 2.00 bits per heavy atom. The standard InChI is InChI=1S/C13H27NOS/c1-12-5-7-13(15,8-6-12)11-14-9-3-4-10-16-2/h12,14-15H,3-11H2,1-2H3. The van der Waals surface area contributed by atoms with Crippen LogP contribution in [-0.2, 0) is 0 Å². The minimum atomic E-state index is -0.411. The molecule has 1 aliphatic rings. The third-order valence-corrected chi connectivity index (χ3v) is 4.31. The van der Waals surface area contributed by atoms with Crippen molar-refractivity contribution in [1.82, 2.24) is 5.32 Å². The highest BCUT2D eigenvalue weighted by atomic mass is 32.2. The fourth-order valence-corrected chi connectivity index (χ4v) is 2.79. The maximum atomic E-state index is 10.3. The number of rotatable bonds is 7. The Balaban J connectivity index is 2.03. The third kappa shape index (κ3) is 5.55. The Kier molecular flexibility index (Phi) is 6.78. The molecule has 2 N–H and O–H groups in total. The second-order valence-corrected chi connectivity index (χ2v) is 6.27. The van der Waals surface area contributed by atoms with E-state index in [1.54, 1.807) is 0 Å². The van der Waals surface area contributed by atoms with E-state index in [2.05, 4.69) is 18.5 Å². The molecule has 1 aliphatic carbocycles. The normalized spacial score (nSPS) is 30.6. The van der Waals surface area contributed by atoms with Crippen molar-refractivity contribution in [2.24, 2.45) is 5.92 Å². The van der Waals surface area contributed by atoms with Crippen LogP contribution in [0.4, 0.5) is 0 Å². The minimum absolute atomic E-state index is 0.411. The van der Waals surface area contributed by atoms with Crippen LogP contribution in [0.3, 0.4) is 0 Å². The van der Waals surface area contributed by atoms with Gasteiger partial charge in [0.15, 0.2) is 0 Å². The molecule has 0 aromatic heterocycles. The zero-order valence-corrected chi connectivity index (χ0v) is 11.6. The van der Waals surface area contributed by atoms with Crippen LogP contribution in [0.25, 0.3) is 0 Å². The van der Waals surface area contributed by atoms with E-state index < -0.39 is 5.60 Å². The Labute approximate surface area is 105 Å². The van der Waals surface area contributed by atoms with Gasteiger partial charge in [-0.2, -0.15) is 11.8 Å². The number of aliphatic hydroxyl groups is 1. The van der Waals surface area contributed by atoms with E-state index in [0.717, 1.165) is 31.8 Å². The molecule has 0 amide bonds. The Morgan fingerprint density at radius 1 is 1.31 bits per heavy atom. The van der Waals surface area contributed by atoms with Crippen molar-refractivity contribution in [2.45, 2.75) is 51.0 Å². The summed E-state index contributed by atoms with van der Waals surface area (Å²) in [6, 6.07) is 0. The second-order valence-electron chi connectivity index (χ2n) is 5.28. The summed E-state index contributed by atoms with van der Waals surface area (Å²) in [6.45, 7) is 4.13. The van der Waals surface area contributed by atoms with Crippen LogP contribution in [0.15, 0.2) is 0 Å². The lowest BCUT2D eigenvalue weighted by Gasteiger charge is -2.35. The van der Waals surface area contributed by atoms with Gasteiger partial charge in [0.25, 0.3) is 0 Å². The Hall–Kier alpha value is 0.270. The van der Waals surface area contributed by atoms with Crippen molar-refractivity contribution in [3.05, 3.63) is 0 Å². The predicted molar refractivity (Wildman–Crippen MR) is 73.1 cm³/mol. The van der Waals surface area contributed by atoms with Crippen LogP contribution in [0.1, 0.15) is 45.4 Å². The molecule has 0 unspecified atom stereocenters. The quantitative estimate of drug-likeness (QED) is 0.676. The van der Waals surface area contributed by atoms with E-state index in [1.165, 1.54) is 31.4 Å². The Bertz CT molecular complexity index is 179. The zero-order valence-electron chi connectivity index (χ0n) is 10.8. The lowest BCUT2D eigenvalue weighted by Crippen LogP contribution is -2.43. The number of thioether (sulfide) groups is 1. The van der Waals surface area contributed by atoms with E-state index in [9.17, 15) is 5.11 Å². The highest BCUT2D eigenvalue weighted by molar-refractivity contribution is 7.98. The first kappa shape index (κ1) is 14.3. The smallest absolute Gasteiger partial charge is 0.0771 e. The van der Waals surface area contributed by atoms with Crippen molar-refractivity contribution in [2.75, 3.05) is 25.1 Å². The molecule has 0 aromatic rings. The topological polar surface area (TPSA) is 32.3 Å². The lowest BCUT2D eigenvalue weighted by molar-refractivity contribution is -0.00593. The van der Waals surface area contributed by atoms with Gasteiger partial charge >= 0.3 is 0 Å². The van der Waals surface area contributed by atoms with Gasteiger partial charge in [-0.05, 0) is 63.0 Å². The van der Waals surface area contributed by atoms with Gasteiger partial charge in [0.2, 0.25) is 0 Å². The number of unbranched alkanes of at least 4 members (excludes halogenated alkanes) is 1. The molecule has 0 saturated heterocycles. The summed E-state index contributed by atoms with van der Waals surface area (Å²) < 4.78 is 0. The molecule has 0 aromatic carbocycles. The second kappa shape index (κ2) is 7.57. The molecule has 2 nitrogen and oxygen atoms in total. The molecule has 0 aliphatic heterocycles. The molecule has 0 bridgehead atoms. The van der Waals surface area contributed by atoms with E-state index in [0.29, 0.717) is 0 Å². The molecular weight excluding hydrogens is 218 g/mol. The number of hydrogen-bond donors (Lipinski definition) is 2. The Morgan fingerprint density at radius 3 is 2.62 bits per heavy atom. The third-order valence-electron chi connectivity index (χ3n) is 3.61. The van der Waals surface area contributed by atoms with Gasteiger partial charge < -0.3 is 10.4 Å². The first-order valence-corrected chi connectivity index (χ1v) is 7.98. The van der Waals surface area contributed by atoms with Gasteiger partial charge in [0.1, 0.15) is 0 Å². The van der Waals surface area contributed by atoms with Crippen LogP contribution in [0, 0.1) is 5.92 Å². The summed E-state index contributed by atoms with van der Waals surface area (Å²) in [4.78, 5) is 0. The number of nitrogens with one attached hydrogen (secondary N) is 1. The van der Waals surface area contributed by atoms with Crippen molar-refractivity contribution in [3.63, 3.8) is 0 Å². The van der Waals surface area contributed by atoms with Crippen LogP contribution in [0.5, 0.6) is 0 Å². The van der Waals surface area contributed by atoms with Gasteiger partial charge in [-0.25, -0.2) is 0 Å². The van der Waals surface area contributed by atoms with E-state index in [1.807, 2.05) is 11.8 Å². The summed E-state index contributed by atoms with van der Waals surface area (Å²) in [7, 11) is 0. The molecule has 0 spiro atoms. The molecule has 0 radical (unpaired) electrons. The van der Waals surface area contributed by atoms with E-state index >= 15 is 0 Å². The summed E-state index contributed by atoms with van der Waals surface area (Å²) in [5, 5.41) is 13.7. The molecule has 3 heteroatoms. The molecular formula is C13H27NOS. The van der Waals surface area contributed by atoms with E-state index in [-0.39, 0.29) is 0 Å². The van der Waals surface area contributed by atoms with Crippen LogP contribution in [0.2, 0.25) is 0 Å². The molecule has 1 saturated carbocycles. The fraction of sp³-hybridized carbons (Fsp3) is 1.00. The molecule has 1 fully saturated rings. The van der Waals surface area contributed by atoms with Crippen molar-refractivity contribution in [1.29, 1.82) is 0 Å². The number of hydrogen-bond acceptors (Lipinski definition) is 3. The summed E-state index contributed by atoms with van der Waals surface area (Å²) in [5.74, 6) is 2.06. The first-order valence-electron chi connectivity index (χ1n) is 6.58. The predicted octanol–water partition coefficient (Wildman–Crippen LogP) is 2.66. The average molecular weight is 245 g/mol. The van der Waals surface area contributed by atoms with Crippen molar-refractivity contribution in [3.8, 4) is 0 Å². The van der Waals surface area contributed by atoms with Crippen LogP contribution >= 0.6 is 11.8 Å². The van der Waals surface area contributed by atoms with Crippen molar-refractivity contribution >= 4 is 11.8 Å². The van der Waals surface area contributed by atoms with Gasteiger partial charge in [0.05, 0.1) is 5.60 Å². The lowest BCUT2D eigenvalue weighted by atomic mass is 9.79. The highest BCUT2D eigenvalue weighted by Gasteiger charge is 2.30. The molecule has 16 heavy (non-hydrogen) atoms.